The molecule has 3 aromatic rings. The van der Waals surface area contributed by atoms with Gasteiger partial charge in [-0.05, 0) is 53.3 Å². The Balaban J connectivity index is 1.24. The third-order valence-corrected chi connectivity index (χ3v) is 8.38. The molecule has 44 heavy (non-hydrogen) atoms. The average molecular weight is 589 g/mol. The van der Waals surface area contributed by atoms with Crippen molar-refractivity contribution >= 4 is 35.0 Å². The minimum absolute atomic E-state index is 0.742. The highest BCUT2D eigenvalue weighted by Gasteiger charge is 2.25. The molecule has 1 fully saturated rings. The van der Waals surface area contributed by atoms with E-state index in [0.717, 1.165) is 79.5 Å². The predicted octanol–water partition coefficient (Wildman–Crippen LogP) is 4.93. The number of rotatable bonds is 9. The molecule has 9 nitrogen and oxygen atoms in total. The molecule has 0 atom stereocenters. The second-order valence-electron chi connectivity index (χ2n) is 11.2. The summed E-state index contributed by atoms with van der Waals surface area (Å²) in [4.78, 5) is 7.26. The van der Waals surface area contributed by atoms with Crippen LogP contribution in [0.3, 0.4) is 0 Å². The maximum Gasteiger partial charge on any atom is 0.144 e. The topological polar surface area (TPSA) is 103 Å². The molecule has 226 valence electrons. The molecule has 9 heteroatoms. The Morgan fingerprint density at radius 3 is 2.80 bits per heavy atom. The molecule has 3 heterocycles. The van der Waals surface area contributed by atoms with Gasteiger partial charge in [-0.2, -0.15) is 5.10 Å². The molecule has 2 aromatic carbocycles. The van der Waals surface area contributed by atoms with E-state index in [0.29, 0.717) is 0 Å². The summed E-state index contributed by atoms with van der Waals surface area (Å²) in [6.07, 6.45) is 14.0. The second-order valence-corrected chi connectivity index (χ2v) is 11.2. The number of hydrogen-bond donors (Lipinski definition) is 4. The van der Waals surface area contributed by atoms with Crippen LogP contribution in [0.25, 0.3) is 11.1 Å². The monoisotopic (exact) mass is 588 g/mol. The highest BCUT2D eigenvalue weighted by atomic mass is 16.5. The summed E-state index contributed by atoms with van der Waals surface area (Å²) in [6.45, 7) is 3.95. The van der Waals surface area contributed by atoms with Crippen molar-refractivity contribution in [3.05, 3.63) is 106 Å². The fourth-order valence-corrected chi connectivity index (χ4v) is 6.14. The standard InChI is InChI=1S/C35H40N8O/c1-37-22-27(21-36)25-7-4-6-24(18-25)19-32-35-29-8-5-9-34(39-23-26(29)10-12-31(35)41-42(32)2)40-30-13-11-28(20-33(30)44-3)43-16-14-38-15-17-43/h4-9,11,13,18,20-23,36-38H,10,12,14-17,19H2,1-3H3,(H,39,40)/b27-22+,36-21?. The molecule has 0 bridgehead atoms. The summed E-state index contributed by atoms with van der Waals surface area (Å²) in [5.74, 6) is 1.55. The van der Waals surface area contributed by atoms with Crippen molar-refractivity contribution in [2.24, 2.45) is 12.0 Å². The van der Waals surface area contributed by atoms with Gasteiger partial charge in [-0.15, -0.1) is 0 Å². The van der Waals surface area contributed by atoms with Crippen molar-refractivity contribution in [1.82, 2.24) is 20.4 Å². The molecule has 0 spiro atoms. The first-order valence-electron chi connectivity index (χ1n) is 15.2. The van der Waals surface area contributed by atoms with Crippen LogP contribution >= 0.6 is 0 Å². The number of allylic oxidation sites excluding steroid dienone is 6. The smallest absolute Gasteiger partial charge is 0.144 e. The van der Waals surface area contributed by atoms with E-state index in [1.807, 2.05) is 43.3 Å². The van der Waals surface area contributed by atoms with Crippen LogP contribution in [0.5, 0.6) is 5.75 Å². The number of piperazine rings is 1. The van der Waals surface area contributed by atoms with Gasteiger partial charge in [-0.1, -0.05) is 36.4 Å². The van der Waals surface area contributed by atoms with Crippen LogP contribution in [0.4, 0.5) is 11.4 Å². The number of fused-ring (bicyclic) bond motifs is 2. The molecule has 3 aliphatic rings. The molecule has 1 aromatic heterocycles. The zero-order valence-corrected chi connectivity index (χ0v) is 25.7. The van der Waals surface area contributed by atoms with Gasteiger partial charge in [0.1, 0.15) is 11.6 Å². The molecule has 6 rings (SSSR count). The number of nitrogens with zero attached hydrogens (tertiary/aromatic N) is 4. The predicted molar refractivity (Wildman–Crippen MR) is 181 cm³/mol. The zero-order valence-electron chi connectivity index (χ0n) is 25.7. The molecular formula is C35H40N8O. The van der Waals surface area contributed by atoms with E-state index in [4.69, 9.17) is 20.2 Å². The van der Waals surface area contributed by atoms with Gasteiger partial charge in [-0.25, -0.2) is 4.99 Å². The Morgan fingerprint density at radius 2 is 2.00 bits per heavy atom. The van der Waals surface area contributed by atoms with Crippen molar-refractivity contribution in [1.29, 1.82) is 5.41 Å². The van der Waals surface area contributed by atoms with Gasteiger partial charge >= 0.3 is 0 Å². The molecule has 2 aliphatic heterocycles. The molecule has 0 unspecified atom stereocenters. The van der Waals surface area contributed by atoms with E-state index in [-0.39, 0.29) is 0 Å². The molecule has 0 radical (unpaired) electrons. The molecule has 1 saturated heterocycles. The van der Waals surface area contributed by atoms with Gasteiger partial charge < -0.3 is 31.0 Å². The number of aliphatic imine (C=N–C) groups is 1. The summed E-state index contributed by atoms with van der Waals surface area (Å²) >= 11 is 0. The first kappa shape index (κ1) is 29.2. The summed E-state index contributed by atoms with van der Waals surface area (Å²) in [6, 6.07) is 14.7. The number of aryl methyl sites for hydroxylation is 2. The van der Waals surface area contributed by atoms with Crippen molar-refractivity contribution in [3.63, 3.8) is 0 Å². The SMILES string of the molecule is CN/C=C(\C=N)c1cccc(Cc2c3c(nn2C)CCC2=C3/C=C/C=C(Nc3ccc(N4CCNCC4)cc3OC)/N=C\2)c1. The van der Waals surface area contributed by atoms with Gasteiger partial charge in [0.15, 0.2) is 0 Å². The van der Waals surface area contributed by atoms with Crippen molar-refractivity contribution in [2.75, 3.05) is 50.6 Å². The van der Waals surface area contributed by atoms with Crippen LogP contribution in [-0.2, 0) is 19.9 Å². The number of benzene rings is 2. The average Bonchev–Trinajstić information content (AvgIpc) is 3.36. The number of methoxy groups -OCH3 is 1. The fraction of sp³-hybridized carbons (Fsp3) is 0.286. The summed E-state index contributed by atoms with van der Waals surface area (Å²) < 4.78 is 7.79. The van der Waals surface area contributed by atoms with Crippen LogP contribution in [0.1, 0.15) is 34.5 Å². The summed E-state index contributed by atoms with van der Waals surface area (Å²) in [7, 11) is 5.59. The lowest BCUT2D eigenvalue weighted by atomic mass is 9.86. The quantitative estimate of drug-likeness (QED) is 0.265. The van der Waals surface area contributed by atoms with Crippen LogP contribution < -0.4 is 25.6 Å². The molecule has 4 N–H and O–H groups in total. The highest BCUT2D eigenvalue weighted by Crippen LogP contribution is 2.36. The minimum Gasteiger partial charge on any atom is -0.494 e. The summed E-state index contributed by atoms with van der Waals surface area (Å²) in [5.41, 5.74) is 11.0. The first-order chi connectivity index (χ1) is 21.6. The Labute approximate surface area is 259 Å². The Kier molecular flexibility index (Phi) is 8.74. The highest BCUT2D eigenvalue weighted by molar-refractivity contribution is 6.08. The van der Waals surface area contributed by atoms with Crippen LogP contribution in [0, 0.1) is 5.41 Å². The van der Waals surface area contributed by atoms with E-state index in [2.05, 4.69) is 69.4 Å². The van der Waals surface area contributed by atoms with E-state index >= 15 is 0 Å². The zero-order chi connectivity index (χ0) is 30.5. The van der Waals surface area contributed by atoms with Crippen molar-refractivity contribution in [2.45, 2.75) is 19.3 Å². The normalized spacial score (nSPS) is 19.1. The van der Waals surface area contributed by atoms with Gasteiger partial charge in [0.05, 0.1) is 24.2 Å². The number of anilines is 2. The molecule has 0 amide bonds. The lowest BCUT2D eigenvalue weighted by molar-refractivity contribution is 0.416. The number of ether oxygens (including phenoxy) is 1. The Bertz CT molecular complexity index is 1700. The van der Waals surface area contributed by atoms with Gasteiger partial charge in [0, 0.05) is 88.2 Å². The molecule has 1 aliphatic carbocycles. The maximum absolute atomic E-state index is 7.82. The van der Waals surface area contributed by atoms with E-state index in [1.54, 1.807) is 7.11 Å². The third kappa shape index (κ3) is 6.09. The lowest BCUT2D eigenvalue weighted by Crippen LogP contribution is -2.43. The third-order valence-electron chi connectivity index (χ3n) is 8.38. The largest absolute Gasteiger partial charge is 0.494 e. The fourth-order valence-electron chi connectivity index (χ4n) is 6.14. The first-order valence-corrected chi connectivity index (χ1v) is 15.2. The Morgan fingerprint density at radius 1 is 1.14 bits per heavy atom. The number of hydrogen-bond acceptors (Lipinski definition) is 8. The molecule has 0 saturated carbocycles. The molecular weight excluding hydrogens is 548 g/mol. The van der Waals surface area contributed by atoms with Gasteiger partial charge in [-0.3, -0.25) is 4.68 Å². The van der Waals surface area contributed by atoms with Crippen LogP contribution in [-0.4, -0.2) is 62.5 Å². The Hall–Kier alpha value is -4.89. The number of aromatic nitrogens is 2. The van der Waals surface area contributed by atoms with Gasteiger partial charge in [0.2, 0.25) is 0 Å². The lowest BCUT2D eigenvalue weighted by Gasteiger charge is -2.30. The minimum atomic E-state index is 0.742. The van der Waals surface area contributed by atoms with Crippen molar-refractivity contribution in [3.8, 4) is 5.75 Å². The van der Waals surface area contributed by atoms with E-state index in [9.17, 15) is 0 Å². The van der Waals surface area contributed by atoms with Gasteiger partial charge in [0.25, 0.3) is 0 Å². The number of nitrogens with one attached hydrogen (secondary N) is 4. The summed E-state index contributed by atoms with van der Waals surface area (Å²) in [5, 5.41) is 22.7. The van der Waals surface area contributed by atoms with Crippen LogP contribution in [0.15, 0.2) is 83.3 Å². The van der Waals surface area contributed by atoms with Crippen molar-refractivity contribution < 1.29 is 4.74 Å². The van der Waals surface area contributed by atoms with E-state index in [1.165, 1.54) is 39.9 Å². The van der Waals surface area contributed by atoms with E-state index < -0.39 is 0 Å². The van der Waals surface area contributed by atoms with Crippen LogP contribution in [0.2, 0.25) is 0 Å². The maximum atomic E-state index is 7.82. The second kappa shape index (κ2) is 13.2.